The SMILES string of the molecule is Cl.Cn1cc(Nc2ccc3c(c2)CN(CC2CC2)CC3)cn1. The molecule has 0 saturated heterocycles. The standard InChI is InChI=1S/C17H22N4.ClH/c1-20-12-17(9-18-20)19-16-5-4-14-6-7-21(10-13-2-3-13)11-15(14)8-16;/h4-5,8-9,12-13,19H,2-3,6-7,10-11H2,1H3;1H. The third-order valence-corrected chi connectivity index (χ3v) is 4.50. The first-order valence-electron chi connectivity index (χ1n) is 7.86. The summed E-state index contributed by atoms with van der Waals surface area (Å²) in [5.74, 6) is 0.975. The van der Waals surface area contributed by atoms with Crippen LogP contribution in [0.2, 0.25) is 0 Å². The number of fused-ring (bicyclic) bond motifs is 1. The molecule has 1 aromatic carbocycles. The number of halogens is 1. The second kappa shape index (κ2) is 6.31. The summed E-state index contributed by atoms with van der Waals surface area (Å²) < 4.78 is 1.82. The highest BCUT2D eigenvalue weighted by atomic mass is 35.5. The number of aromatic nitrogens is 2. The normalized spacial score (nSPS) is 17.7. The number of rotatable bonds is 4. The Kier molecular flexibility index (Phi) is 4.41. The quantitative estimate of drug-likeness (QED) is 0.938. The molecule has 5 heteroatoms. The van der Waals surface area contributed by atoms with Gasteiger partial charge in [0, 0.05) is 38.6 Å². The lowest BCUT2D eigenvalue weighted by Gasteiger charge is -2.29. The Balaban J connectivity index is 0.00000144. The Bertz CT molecular complexity index is 648. The van der Waals surface area contributed by atoms with Gasteiger partial charge in [-0.1, -0.05) is 6.07 Å². The summed E-state index contributed by atoms with van der Waals surface area (Å²) in [5.41, 5.74) is 5.20. The third-order valence-electron chi connectivity index (χ3n) is 4.50. The Morgan fingerprint density at radius 1 is 1.23 bits per heavy atom. The van der Waals surface area contributed by atoms with Crippen LogP contribution in [-0.4, -0.2) is 27.8 Å². The summed E-state index contributed by atoms with van der Waals surface area (Å²) in [5, 5.41) is 7.64. The van der Waals surface area contributed by atoms with Crippen LogP contribution in [0.1, 0.15) is 24.0 Å². The topological polar surface area (TPSA) is 33.1 Å². The van der Waals surface area contributed by atoms with E-state index >= 15 is 0 Å². The van der Waals surface area contributed by atoms with E-state index in [-0.39, 0.29) is 12.4 Å². The molecule has 1 fully saturated rings. The van der Waals surface area contributed by atoms with Gasteiger partial charge in [0.25, 0.3) is 0 Å². The van der Waals surface area contributed by atoms with Gasteiger partial charge in [-0.25, -0.2) is 0 Å². The second-order valence-corrected chi connectivity index (χ2v) is 6.44. The fraction of sp³-hybridized carbons (Fsp3) is 0.471. The number of anilines is 2. The van der Waals surface area contributed by atoms with Crippen molar-refractivity contribution in [3.05, 3.63) is 41.7 Å². The van der Waals surface area contributed by atoms with E-state index in [0.717, 1.165) is 23.8 Å². The van der Waals surface area contributed by atoms with Gasteiger partial charge >= 0.3 is 0 Å². The monoisotopic (exact) mass is 318 g/mol. The van der Waals surface area contributed by atoms with E-state index in [1.165, 1.54) is 43.5 Å². The van der Waals surface area contributed by atoms with Crippen LogP contribution in [0.3, 0.4) is 0 Å². The molecule has 22 heavy (non-hydrogen) atoms. The lowest BCUT2D eigenvalue weighted by molar-refractivity contribution is 0.244. The minimum absolute atomic E-state index is 0. The first-order chi connectivity index (χ1) is 10.3. The van der Waals surface area contributed by atoms with Crippen molar-refractivity contribution in [1.82, 2.24) is 14.7 Å². The van der Waals surface area contributed by atoms with Gasteiger partial charge in [-0.05, 0) is 48.4 Å². The minimum Gasteiger partial charge on any atom is -0.353 e. The second-order valence-electron chi connectivity index (χ2n) is 6.44. The van der Waals surface area contributed by atoms with E-state index in [4.69, 9.17) is 0 Å². The average molecular weight is 319 g/mol. The zero-order chi connectivity index (χ0) is 14.2. The maximum absolute atomic E-state index is 4.20. The molecular weight excluding hydrogens is 296 g/mol. The number of benzene rings is 1. The van der Waals surface area contributed by atoms with E-state index in [1.54, 1.807) is 0 Å². The third kappa shape index (κ3) is 3.45. The number of nitrogens with one attached hydrogen (secondary N) is 1. The first-order valence-corrected chi connectivity index (χ1v) is 7.86. The highest BCUT2D eigenvalue weighted by Gasteiger charge is 2.26. The smallest absolute Gasteiger partial charge is 0.0770 e. The molecule has 118 valence electrons. The number of aryl methyl sites for hydroxylation is 1. The van der Waals surface area contributed by atoms with Crippen LogP contribution in [-0.2, 0) is 20.0 Å². The van der Waals surface area contributed by atoms with Crippen molar-refractivity contribution in [2.45, 2.75) is 25.8 Å². The van der Waals surface area contributed by atoms with Crippen LogP contribution in [0.15, 0.2) is 30.6 Å². The summed E-state index contributed by atoms with van der Waals surface area (Å²) in [6.07, 6.45) is 7.92. The van der Waals surface area contributed by atoms with E-state index in [0.29, 0.717) is 0 Å². The lowest BCUT2D eigenvalue weighted by atomic mass is 9.99. The Labute approximate surface area is 137 Å². The van der Waals surface area contributed by atoms with Crippen LogP contribution in [0.5, 0.6) is 0 Å². The summed E-state index contributed by atoms with van der Waals surface area (Å²) in [6, 6.07) is 6.77. The largest absolute Gasteiger partial charge is 0.353 e. The van der Waals surface area contributed by atoms with Gasteiger partial charge in [0.2, 0.25) is 0 Å². The number of hydrogen-bond acceptors (Lipinski definition) is 3. The van der Waals surface area contributed by atoms with Crippen LogP contribution in [0, 0.1) is 5.92 Å². The molecule has 0 spiro atoms. The lowest BCUT2D eigenvalue weighted by Crippen LogP contribution is -2.32. The van der Waals surface area contributed by atoms with Gasteiger partial charge < -0.3 is 5.32 Å². The Morgan fingerprint density at radius 3 is 2.82 bits per heavy atom. The van der Waals surface area contributed by atoms with Gasteiger partial charge in [0.05, 0.1) is 11.9 Å². The first kappa shape index (κ1) is 15.4. The molecule has 1 aliphatic heterocycles. The van der Waals surface area contributed by atoms with Gasteiger partial charge in [-0.15, -0.1) is 12.4 Å². The highest BCUT2D eigenvalue weighted by molar-refractivity contribution is 5.85. The van der Waals surface area contributed by atoms with Gasteiger partial charge in [0.15, 0.2) is 0 Å². The Hall–Kier alpha value is -1.52. The van der Waals surface area contributed by atoms with Gasteiger partial charge in [-0.3, -0.25) is 9.58 Å². The van der Waals surface area contributed by atoms with Crippen LogP contribution >= 0.6 is 12.4 Å². The van der Waals surface area contributed by atoms with Crippen molar-refractivity contribution < 1.29 is 0 Å². The highest BCUT2D eigenvalue weighted by Crippen LogP contribution is 2.32. The predicted molar refractivity (Wildman–Crippen MR) is 91.9 cm³/mol. The molecule has 4 rings (SSSR count). The van der Waals surface area contributed by atoms with Crippen molar-refractivity contribution >= 4 is 23.8 Å². The number of nitrogens with zero attached hydrogens (tertiary/aromatic N) is 3. The van der Waals surface area contributed by atoms with Gasteiger partial charge in [0.1, 0.15) is 0 Å². The fourth-order valence-corrected chi connectivity index (χ4v) is 3.17. The molecule has 2 heterocycles. The molecule has 2 aromatic rings. The van der Waals surface area contributed by atoms with Crippen molar-refractivity contribution in [2.24, 2.45) is 13.0 Å². The van der Waals surface area contributed by atoms with Crippen molar-refractivity contribution in [3.63, 3.8) is 0 Å². The van der Waals surface area contributed by atoms with Crippen LogP contribution < -0.4 is 5.32 Å². The maximum Gasteiger partial charge on any atom is 0.0770 e. The molecule has 0 radical (unpaired) electrons. The summed E-state index contributed by atoms with van der Waals surface area (Å²) in [4.78, 5) is 2.62. The van der Waals surface area contributed by atoms with Gasteiger partial charge in [-0.2, -0.15) is 5.10 Å². The van der Waals surface area contributed by atoms with E-state index < -0.39 is 0 Å². The molecule has 0 unspecified atom stereocenters. The number of hydrogen-bond donors (Lipinski definition) is 1. The molecule has 2 aliphatic rings. The van der Waals surface area contributed by atoms with E-state index in [9.17, 15) is 0 Å². The van der Waals surface area contributed by atoms with Crippen molar-refractivity contribution in [1.29, 1.82) is 0 Å². The van der Waals surface area contributed by atoms with E-state index in [2.05, 4.69) is 33.5 Å². The van der Waals surface area contributed by atoms with Crippen LogP contribution in [0.4, 0.5) is 11.4 Å². The predicted octanol–water partition coefficient (Wildman–Crippen LogP) is 3.35. The molecule has 0 atom stereocenters. The molecule has 0 bridgehead atoms. The zero-order valence-corrected chi connectivity index (χ0v) is 13.8. The van der Waals surface area contributed by atoms with Crippen LogP contribution in [0.25, 0.3) is 0 Å². The molecule has 1 aliphatic carbocycles. The molecule has 1 N–H and O–H groups in total. The van der Waals surface area contributed by atoms with E-state index in [1.807, 2.05) is 24.1 Å². The minimum atomic E-state index is 0. The molecule has 0 amide bonds. The average Bonchev–Trinajstić information content (AvgIpc) is 3.20. The summed E-state index contributed by atoms with van der Waals surface area (Å²) in [7, 11) is 1.94. The molecule has 1 aromatic heterocycles. The summed E-state index contributed by atoms with van der Waals surface area (Å²) >= 11 is 0. The summed E-state index contributed by atoms with van der Waals surface area (Å²) in [6.45, 7) is 3.62. The zero-order valence-electron chi connectivity index (χ0n) is 13.0. The fourth-order valence-electron chi connectivity index (χ4n) is 3.17. The Morgan fingerprint density at radius 2 is 2.09 bits per heavy atom. The molecular formula is C17H23ClN4. The van der Waals surface area contributed by atoms with Crippen molar-refractivity contribution in [3.8, 4) is 0 Å². The van der Waals surface area contributed by atoms with Crippen molar-refractivity contribution in [2.75, 3.05) is 18.4 Å². The molecule has 4 nitrogen and oxygen atoms in total. The maximum atomic E-state index is 4.20. The molecule has 1 saturated carbocycles.